The zero-order chi connectivity index (χ0) is 9.57. The van der Waals surface area contributed by atoms with Crippen molar-refractivity contribution in [2.75, 3.05) is 11.5 Å². The molecule has 2 atom stereocenters. The highest BCUT2D eigenvalue weighted by Crippen LogP contribution is 2.19. The quantitative estimate of drug-likeness (QED) is 0.548. The molecule has 0 bridgehead atoms. The summed E-state index contributed by atoms with van der Waals surface area (Å²) in [6.45, 7) is 2.89. The van der Waals surface area contributed by atoms with Crippen LogP contribution >= 0.6 is 0 Å². The fraction of sp³-hybridized carbons (Fsp3) is 1.00. The van der Waals surface area contributed by atoms with Gasteiger partial charge in [-0.3, -0.25) is 0 Å². The van der Waals surface area contributed by atoms with E-state index in [2.05, 4.69) is 0 Å². The summed E-state index contributed by atoms with van der Waals surface area (Å²) in [5, 5.41) is -1.49. The summed E-state index contributed by atoms with van der Waals surface area (Å²) < 4.78 is 44.9. The standard InChI is InChI=1S/C6H12O4S2/c1-5-3-11(7,8)4-6(2)12(5,9)10/h5-6H,3-4H2,1-2H3/t5-,6+. The van der Waals surface area contributed by atoms with Crippen LogP contribution in [0.4, 0.5) is 0 Å². The van der Waals surface area contributed by atoms with Crippen molar-refractivity contribution >= 4 is 19.7 Å². The lowest BCUT2D eigenvalue weighted by atomic mass is 10.5. The summed E-state index contributed by atoms with van der Waals surface area (Å²) in [7, 11) is -6.32. The Kier molecular flexibility index (Phi) is 2.24. The molecule has 0 aromatic rings. The van der Waals surface area contributed by atoms with Gasteiger partial charge in [0.05, 0.1) is 22.0 Å². The molecule has 0 amide bonds. The number of rotatable bonds is 0. The van der Waals surface area contributed by atoms with Crippen LogP contribution in [0, 0.1) is 0 Å². The van der Waals surface area contributed by atoms with Crippen LogP contribution in [0.1, 0.15) is 13.8 Å². The van der Waals surface area contributed by atoms with E-state index in [-0.39, 0.29) is 11.5 Å². The van der Waals surface area contributed by atoms with Crippen LogP contribution in [-0.4, -0.2) is 38.8 Å². The summed E-state index contributed by atoms with van der Waals surface area (Å²) in [5.74, 6) is -0.445. The number of hydrogen-bond acceptors (Lipinski definition) is 4. The van der Waals surface area contributed by atoms with Crippen molar-refractivity contribution in [1.82, 2.24) is 0 Å². The van der Waals surface area contributed by atoms with Gasteiger partial charge < -0.3 is 0 Å². The van der Waals surface area contributed by atoms with E-state index in [1.54, 1.807) is 0 Å². The number of sulfone groups is 2. The molecule has 0 aromatic carbocycles. The van der Waals surface area contributed by atoms with Gasteiger partial charge in [0.1, 0.15) is 0 Å². The van der Waals surface area contributed by atoms with E-state index >= 15 is 0 Å². The van der Waals surface area contributed by atoms with Gasteiger partial charge in [0.25, 0.3) is 0 Å². The highest BCUT2D eigenvalue weighted by Gasteiger charge is 2.39. The monoisotopic (exact) mass is 212 g/mol. The smallest absolute Gasteiger partial charge is 0.157 e. The predicted molar refractivity (Wildman–Crippen MR) is 46.5 cm³/mol. The second-order valence-electron chi connectivity index (χ2n) is 3.29. The van der Waals surface area contributed by atoms with E-state index < -0.39 is 30.2 Å². The lowest BCUT2D eigenvalue weighted by molar-refractivity contribution is 0.558. The summed E-state index contributed by atoms with van der Waals surface area (Å²) in [6.07, 6.45) is 0. The van der Waals surface area contributed by atoms with Gasteiger partial charge in [0, 0.05) is 0 Å². The van der Waals surface area contributed by atoms with Gasteiger partial charge in [-0.05, 0) is 13.8 Å². The molecule has 12 heavy (non-hydrogen) atoms. The Labute approximate surface area is 72.8 Å². The van der Waals surface area contributed by atoms with Crippen molar-refractivity contribution in [2.24, 2.45) is 0 Å². The molecule has 0 aromatic heterocycles. The molecule has 0 N–H and O–H groups in total. The Morgan fingerprint density at radius 3 is 1.58 bits per heavy atom. The second-order valence-corrected chi connectivity index (χ2v) is 8.23. The van der Waals surface area contributed by atoms with E-state index in [1.165, 1.54) is 13.8 Å². The lowest BCUT2D eigenvalue weighted by Crippen LogP contribution is -2.44. The lowest BCUT2D eigenvalue weighted by Gasteiger charge is -2.24. The van der Waals surface area contributed by atoms with Gasteiger partial charge in [0.15, 0.2) is 19.7 Å². The van der Waals surface area contributed by atoms with Crippen LogP contribution in [-0.2, 0) is 19.7 Å². The van der Waals surface area contributed by atoms with E-state index in [9.17, 15) is 16.8 Å². The van der Waals surface area contributed by atoms with Crippen LogP contribution in [0.3, 0.4) is 0 Å². The van der Waals surface area contributed by atoms with Crippen molar-refractivity contribution in [1.29, 1.82) is 0 Å². The Morgan fingerprint density at radius 2 is 1.25 bits per heavy atom. The van der Waals surface area contributed by atoms with Crippen molar-refractivity contribution in [3.63, 3.8) is 0 Å². The molecule has 1 aliphatic heterocycles. The highest BCUT2D eigenvalue weighted by atomic mass is 32.2. The molecule has 1 rings (SSSR count). The summed E-state index contributed by atoms with van der Waals surface area (Å²) in [5.41, 5.74) is 0. The first-order chi connectivity index (χ1) is 5.26. The molecular weight excluding hydrogens is 200 g/mol. The third-order valence-electron chi connectivity index (χ3n) is 2.10. The minimum atomic E-state index is -3.19. The topological polar surface area (TPSA) is 68.3 Å². The first-order valence-corrected chi connectivity index (χ1v) is 7.12. The maximum Gasteiger partial charge on any atom is 0.157 e. The summed E-state index contributed by atoms with van der Waals surface area (Å²) >= 11 is 0. The number of hydrogen-bond donors (Lipinski definition) is 0. The van der Waals surface area contributed by atoms with E-state index in [0.29, 0.717) is 0 Å². The molecule has 1 saturated heterocycles. The van der Waals surface area contributed by atoms with E-state index in [4.69, 9.17) is 0 Å². The molecule has 0 unspecified atom stereocenters. The van der Waals surface area contributed by atoms with Gasteiger partial charge in [-0.25, -0.2) is 16.8 Å². The molecule has 1 fully saturated rings. The van der Waals surface area contributed by atoms with Crippen LogP contribution in [0.2, 0.25) is 0 Å². The Balaban J connectivity index is 3.10. The van der Waals surface area contributed by atoms with Crippen LogP contribution in [0.25, 0.3) is 0 Å². The van der Waals surface area contributed by atoms with Gasteiger partial charge >= 0.3 is 0 Å². The fourth-order valence-electron chi connectivity index (χ4n) is 1.37. The van der Waals surface area contributed by atoms with Crippen molar-refractivity contribution in [2.45, 2.75) is 24.3 Å². The first-order valence-electron chi connectivity index (χ1n) is 3.69. The molecule has 1 heterocycles. The first kappa shape index (κ1) is 9.98. The average molecular weight is 212 g/mol. The van der Waals surface area contributed by atoms with E-state index in [0.717, 1.165) is 0 Å². The zero-order valence-corrected chi connectivity index (χ0v) is 8.65. The highest BCUT2D eigenvalue weighted by molar-refractivity contribution is 7.99. The minimum absolute atomic E-state index is 0.223. The van der Waals surface area contributed by atoms with Crippen molar-refractivity contribution in [3.05, 3.63) is 0 Å². The van der Waals surface area contributed by atoms with Gasteiger partial charge in [-0.1, -0.05) is 0 Å². The Morgan fingerprint density at radius 1 is 0.917 bits per heavy atom. The average Bonchev–Trinajstić information content (AvgIpc) is 1.82. The SMILES string of the molecule is C[C@@H]1CS(=O)(=O)C[C@H](C)S1(=O)=O. The van der Waals surface area contributed by atoms with E-state index in [1.807, 2.05) is 0 Å². The van der Waals surface area contributed by atoms with Gasteiger partial charge in [-0.2, -0.15) is 0 Å². The molecule has 0 saturated carbocycles. The molecule has 0 aliphatic carbocycles. The normalized spacial score (nSPS) is 39.2. The largest absolute Gasteiger partial charge is 0.229 e. The van der Waals surface area contributed by atoms with Gasteiger partial charge in [-0.15, -0.1) is 0 Å². The van der Waals surface area contributed by atoms with Crippen LogP contribution in [0.5, 0.6) is 0 Å². The molecule has 0 spiro atoms. The molecule has 6 heteroatoms. The third-order valence-corrected chi connectivity index (χ3v) is 7.11. The van der Waals surface area contributed by atoms with Crippen LogP contribution < -0.4 is 0 Å². The Bertz CT molecular complexity index is 340. The predicted octanol–water partition coefficient (Wildman–Crippen LogP) is -0.393. The van der Waals surface area contributed by atoms with Crippen LogP contribution in [0.15, 0.2) is 0 Å². The minimum Gasteiger partial charge on any atom is -0.229 e. The Hall–Kier alpha value is -0.100. The molecule has 1 aliphatic rings. The maximum atomic E-state index is 11.3. The second kappa shape index (κ2) is 2.70. The molecule has 4 nitrogen and oxygen atoms in total. The fourth-order valence-corrected chi connectivity index (χ4v) is 6.49. The molecule has 72 valence electrons. The summed E-state index contributed by atoms with van der Waals surface area (Å²) in [6, 6.07) is 0. The van der Waals surface area contributed by atoms with Gasteiger partial charge in [0.2, 0.25) is 0 Å². The van der Waals surface area contributed by atoms with Crippen molar-refractivity contribution < 1.29 is 16.8 Å². The maximum absolute atomic E-state index is 11.3. The molecule has 0 radical (unpaired) electrons. The molecular formula is C6H12O4S2. The van der Waals surface area contributed by atoms with Crippen molar-refractivity contribution in [3.8, 4) is 0 Å². The zero-order valence-electron chi connectivity index (χ0n) is 7.02. The third kappa shape index (κ3) is 1.64. The summed E-state index contributed by atoms with van der Waals surface area (Å²) in [4.78, 5) is 0.